The van der Waals surface area contributed by atoms with Gasteiger partial charge in [-0.25, -0.2) is 0 Å². The molecule has 0 saturated heterocycles. The fraction of sp³-hybridized carbons (Fsp3) is 0.600. The van der Waals surface area contributed by atoms with Crippen molar-refractivity contribution in [1.82, 2.24) is 0 Å². The SMILES string of the molecule is CCOCCN(C)c1cc(Cl)ccc1CC(N)CC. The second-order valence-electron chi connectivity index (χ2n) is 4.76. The fourth-order valence-electron chi connectivity index (χ4n) is 1.96. The average molecular weight is 285 g/mol. The normalized spacial score (nSPS) is 12.5. The van der Waals surface area contributed by atoms with Crippen molar-refractivity contribution in [1.29, 1.82) is 0 Å². The van der Waals surface area contributed by atoms with Crippen molar-refractivity contribution in [3.8, 4) is 0 Å². The molecule has 0 bridgehead atoms. The lowest BCUT2D eigenvalue weighted by molar-refractivity contribution is 0.154. The Kier molecular flexibility index (Phi) is 7.21. The minimum absolute atomic E-state index is 0.195. The number of halogens is 1. The van der Waals surface area contributed by atoms with Crippen LogP contribution >= 0.6 is 11.6 Å². The Morgan fingerprint density at radius 2 is 2.11 bits per heavy atom. The van der Waals surface area contributed by atoms with Crippen molar-refractivity contribution in [2.45, 2.75) is 32.7 Å². The summed E-state index contributed by atoms with van der Waals surface area (Å²) in [7, 11) is 2.06. The second kappa shape index (κ2) is 8.41. The van der Waals surface area contributed by atoms with E-state index < -0.39 is 0 Å². The maximum absolute atomic E-state index is 6.10. The first-order valence-electron chi connectivity index (χ1n) is 6.91. The minimum atomic E-state index is 0.195. The summed E-state index contributed by atoms with van der Waals surface area (Å²) in [5, 5.41) is 0.757. The fourth-order valence-corrected chi connectivity index (χ4v) is 2.12. The van der Waals surface area contributed by atoms with Crippen LogP contribution in [0.3, 0.4) is 0 Å². The van der Waals surface area contributed by atoms with Gasteiger partial charge in [0.2, 0.25) is 0 Å². The first kappa shape index (κ1) is 16.3. The summed E-state index contributed by atoms with van der Waals surface area (Å²) in [5.41, 5.74) is 8.45. The molecule has 3 nitrogen and oxygen atoms in total. The molecule has 0 saturated carbocycles. The van der Waals surface area contributed by atoms with E-state index in [2.05, 4.69) is 24.9 Å². The van der Waals surface area contributed by atoms with Gasteiger partial charge in [0.25, 0.3) is 0 Å². The zero-order valence-corrected chi connectivity index (χ0v) is 12.9. The topological polar surface area (TPSA) is 38.5 Å². The zero-order valence-electron chi connectivity index (χ0n) is 12.2. The van der Waals surface area contributed by atoms with Gasteiger partial charge in [-0.1, -0.05) is 24.6 Å². The Labute approximate surface area is 121 Å². The molecule has 0 fully saturated rings. The van der Waals surface area contributed by atoms with E-state index >= 15 is 0 Å². The lowest BCUT2D eigenvalue weighted by Crippen LogP contribution is -2.26. The summed E-state index contributed by atoms with van der Waals surface area (Å²) in [6.07, 6.45) is 1.85. The lowest BCUT2D eigenvalue weighted by Gasteiger charge is -2.24. The quantitative estimate of drug-likeness (QED) is 0.746. The number of nitrogens with zero attached hydrogens (tertiary/aromatic N) is 1. The molecule has 1 aromatic carbocycles. The van der Waals surface area contributed by atoms with Gasteiger partial charge in [0.05, 0.1) is 6.61 Å². The monoisotopic (exact) mass is 284 g/mol. The van der Waals surface area contributed by atoms with E-state index in [-0.39, 0.29) is 6.04 Å². The zero-order chi connectivity index (χ0) is 14.3. The van der Waals surface area contributed by atoms with E-state index in [1.165, 1.54) is 5.56 Å². The van der Waals surface area contributed by atoms with Crippen molar-refractivity contribution >= 4 is 17.3 Å². The molecule has 0 aromatic heterocycles. The first-order valence-corrected chi connectivity index (χ1v) is 7.29. The molecule has 1 unspecified atom stereocenters. The molecule has 0 radical (unpaired) electrons. The molecule has 4 heteroatoms. The number of benzene rings is 1. The van der Waals surface area contributed by atoms with Crippen LogP contribution in [-0.2, 0) is 11.2 Å². The van der Waals surface area contributed by atoms with Crippen molar-refractivity contribution in [3.05, 3.63) is 28.8 Å². The number of anilines is 1. The van der Waals surface area contributed by atoms with Crippen LogP contribution in [0.4, 0.5) is 5.69 Å². The van der Waals surface area contributed by atoms with Crippen LogP contribution in [0, 0.1) is 0 Å². The third kappa shape index (κ3) is 5.39. The molecule has 1 atom stereocenters. The molecule has 0 amide bonds. The van der Waals surface area contributed by atoms with Gasteiger partial charge >= 0.3 is 0 Å². The van der Waals surface area contributed by atoms with Gasteiger partial charge in [-0.15, -0.1) is 0 Å². The average Bonchev–Trinajstić information content (AvgIpc) is 2.40. The molecule has 1 aromatic rings. The maximum atomic E-state index is 6.10. The predicted octanol–water partition coefficient (Wildman–Crippen LogP) is 3.09. The van der Waals surface area contributed by atoms with Crippen LogP contribution < -0.4 is 10.6 Å². The molecule has 0 aliphatic heterocycles. The summed E-state index contributed by atoms with van der Waals surface area (Å²) < 4.78 is 5.40. The molecule has 19 heavy (non-hydrogen) atoms. The first-order chi connectivity index (χ1) is 9.08. The molecular weight excluding hydrogens is 260 g/mol. The van der Waals surface area contributed by atoms with E-state index in [4.69, 9.17) is 22.1 Å². The molecule has 0 aliphatic rings. The Bertz CT molecular complexity index is 384. The summed E-state index contributed by atoms with van der Waals surface area (Å²) >= 11 is 6.10. The molecular formula is C15H25ClN2O. The number of hydrogen-bond acceptors (Lipinski definition) is 3. The Morgan fingerprint density at radius 3 is 2.74 bits per heavy atom. The number of likely N-dealkylation sites (N-methyl/N-ethyl adjacent to an activating group) is 1. The number of ether oxygens (including phenoxy) is 1. The van der Waals surface area contributed by atoms with Gasteiger partial charge in [-0.3, -0.25) is 0 Å². The summed E-state index contributed by atoms with van der Waals surface area (Å²) in [6.45, 7) is 6.43. The Morgan fingerprint density at radius 1 is 1.37 bits per heavy atom. The number of rotatable bonds is 8. The highest BCUT2D eigenvalue weighted by Crippen LogP contribution is 2.25. The largest absolute Gasteiger partial charge is 0.380 e. The van der Waals surface area contributed by atoms with Crippen LogP contribution in [0.25, 0.3) is 0 Å². The van der Waals surface area contributed by atoms with Crippen LogP contribution in [0.2, 0.25) is 5.02 Å². The van der Waals surface area contributed by atoms with Gasteiger partial charge in [-0.2, -0.15) is 0 Å². The summed E-state index contributed by atoms with van der Waals surface area (Å²) in [4.78, 5) is 2.18. The highest BCUT2D eigenvalue weighted by Gasteiger charge is 2.11. The van der Waals surface area contributed by atoms with Crippen molar-refractivity contribution < 1.29 is 4.74 Å². The molecule has 108 valence electrons. The van der Waals surface area contributed by atoms with Gasteiger partial charge in [0.1, 0.15) is 0 Å². The van der Waals surface area contributed by atoms with Crippen LogP contribution in [0.5, 0.6) is 0 Å². The maximum Gasteiger partial charge on any atom is 0.0641 e. The molecule has 0 aliphatic carbocycles. The smallest absolute Gasteiger partial charge is 0.0641 e. The van der Waals surface area contributed by atoms with Gasteiger partial charge < -0.3 is 15.4 Å². The second-order valence-corrected chi connectivity index (χ2v) is 5.20. The summed E-state index contributed by atoms with van der Waals surface area (Å²) in [5.74, 6) is 0. The minimum Gasteiger partial charge on any atom is -0.380 e. The third-order valence-corrected chi connectivity index (χ3v) is 3.48. The van der Waals surface area contributed by atoms with Crippen LogP contribution in [-0.4, -0.2) is 32.8 Å². The third-order valence-electron chi connectivity index (χ3n) is 3.24. The Balaban J connectivity index is 2.80. The molecule has 0 heterocycles. The van der Waals surface area contributed by atoms with E-state index in [1.54, 1.807) is 0 Å². The van der Waals surface area contributed by atoms with E-state index in [0.717, 1.165) is 43.3 Å². The lowest BCUT2D eigenvalue weighted by atomic mass is 10.0. The van der Waals surface area contributed by atoms with Gasteiger partial charge in [0.15, 0.2) is 0 Å². The van der Waals surface area contributed by atoms with E-state index in [0.29, 0.717) is 0 Å². The predicted molar refractivity (Wildman–Crippen MR) is 83.2 cm³/mol. The number of hydrogen-bond donors (Lipinski definition) is 1. The molecule has 1 rings (SSSR count). The highest BCUT2D eigenvalue weighted by molar-refractivity contribution is 6.30. The van der Waals surface area contributed by atoms with Gasteiger partial charge in [-0.05, 0) is 37.5 Å². The highest BCUT2D eigenvalue weighted by atomic mass is 35.5. The van der Waals surface area contributed by atoms with E-state index in [1.807, 2.05) is 19.1 Å². The van der Waals surface area contributed by atoms with Crippen LogP contribution in [0.15, 0.2) is 18.2 Å². The standard InChI is InChI=1S/C15H25ClN2O/c1-4-14(17)10-12-6-7-13(16)11-15(12)18(3)8-9-19-5-2/h6-7,11,14H,4-5,8-10,17H2,1-3H3. The van der Waals surface area contributed by atoms with Crippen molar-refractivity contribution in [2.75, 3.05) is 31.7 Å². The molecule has 2 N–H and O–H groups in total. The van der Waals surface area contributed by atoms with Crippen LogP contribution in [0.1, 0.15) is 25.8 Å². The Hall–Kier alpha value is -0.770. The van der Waals surface area contributed by atoms with Gasteiger partial charge in [0, 0.05) is 37.0 Å². The van der Waals surface area contributed by atoms with Crippen molar-refractivity contribution in [3.63, 3.8) is 0 Å². The summed E-state index contributed by atoms with van der Waals surface area (Å²) in [6, 6.07) is 6.20. The van der Waals surface area contributed by atoms with Crippen molar-refractivity contribution in [2.24, 2.45) is 5.73 Å². The molecule has 0 spiro atoms. The van der Waals surface area contributed by atoms with E-state index in [9.17, 15) is 0 Å². The number of nitrogens with two attached hydrogens (primary N) is 1.